The monoisotopic (exact) mass is 1930 g/mol. The van der Waals surface area contributed by atoms with E-state index in [4.69, 9.17) is 56.4 Å². The van der Waals surface area contributed by atoms with Crippen LogP contribution in [0, 0.1) is 39.9 Å². The SMILES string of the molecule is CC(C)C[C@H](NC(=O)[C@H](CCCNC(=N)N)NC(=O)[C@H](CCC(=O)O)NC(=O)[C@@H](N)CS)C(=O)N[C@H](C(=O)N[C@@H](CCCNC(=N)N)C(=O)N[C@@H](Cc1ccccc1)C(=O)N[C@@H](Cc1c[nH]c2ccccc12)C(=O)N[C@@H](CCCNC(=N)N)C(=O)N[C@@H](CO)C(=O)N[C@@H](CCC(N)=O)C(=O)N[C@@H](CCC(N)=O)C(=O)N[C@@H](CCCCN)C(=O)N[C@H](C(=O)N[C@H](C(=O)O)C(C)C)C(C)C)C(C)C. The summed E-state index contributed by atoms with van der Waals surface area (Å²) < 4.78 is 0. The van der Waals surface area contributed by atoms with Crippen LogP contribution in [0.25, 0.3) is 10.9 Å². The number of para-hydroxylation sites is 1. The van der Waals surface area contributed by atoms with Crippen LogP contribution in [0.15, 0.2) is 60.8 Å². The average Bonchev–Trinajstić information content (AvgIpc) is 1.67. The summed E-state index contributed by atoms with van der Waals surface area (Å²) in [6.07, 6.45) is -2.87. The van der Waals surface area contributed by atoms with Crippen LogP contribution in [-0.2, 0) is 99.1 Å². The summed E-state index contributed by atoms with van der Waals surface area (Å²) in [4.78, 5) is 255. The molecule has 0 aliphatic rings. The van der Waals surface area contributed by atoms with Crippen molar-refractivity contribution in [2.75, 3.05) is 38.5 Å². The summed E-state index contributed by atoms with van der Waals surface area (Å²) in [5, 5.41) is 97.4. The molecule has 0 bridgehead atoms. The first kappa shape index (κ1) is 117. The van der Waals surface area contributed by atoms with Gasteiger partial charge in [-0.25, -0.2) is 4.79 Å². The fraction of sp³-hybridized carbons (Fsp3) is 0.593. The number of primary amides is 2. The first-order chi connectivity index (χ1) is 64.1. The van der Waals surface area contributed by atoms with Gasteiger partial charge in [0.25, 0.3) is 0 Å². The maximum Gasteiger partial charge on any atom is 0.326 e. The Labute approximate surface area is 793 Å². The number of unbranched alkanes of at least 4 members (excludes halogenated alkanes) is 1. The standard InChI is InChI=1S/C86H140N28O21S/c1-43(2)37-59(108-70(121)53(24-16-34-97-84(91)92)103-75(126)58(29-32-65(118)119)101-69(120)50(88)42-136)79(130)113-66(44(3)4)81(132)107-55(26-18-36-99-86(95)96)71(122)109-60(38-47-19-10-9-11-20-47)77(128)110-61(39-48-40-100-51-22-13-12-21-49(48)51)78(129)104-54(25-17-35-98-85(93)94)72(123)111-62(41-115)80(131)106-57(28-31-64(90)117)74(125)105-56(27-30-63(89)116)73(124)102-52(23-14-15-33-87)76(127)112-67(45(5)6)82(133)114-68(46(7)8)83(134)135/h9-13,19-22,40,43-46,50,52-62,66-68,100,115,136H,14-18,23-39,41-42,87-88H2,1-8H3,(H2,89,116)(H2,90,117)(H,101,120)(H,102,124)(H,103,126)(H,104,129)(H,105,125)(H,106,131)(H,107,132)(H,108,121)(H,109,122)(H,110,128)(H,111,123)(H,112,127)(H,113,130)(H,114,133)(H,118,119)(H,134,135)(H4,91,92,97)(H4,93,94,98)(H4,95,96,99)/t50-,52-,53-,54-,55-,56-,57-,58-,59-,60-,61-,62-,66-,67-,68-/m0/s1. The molecule has 3 rings (SSSR count). The number of carbonyl (C=O) groups excluding carboxylic acids is 16. The van der Waals surface area contributed by atoms with Crippen LogP contribution in [0.3, 0.4) is 0 Å². The predicted octanol–water partition coefficient (Wildman–Crippen LogP) is -6.60. The van der Waals surface area contributed by atoms with E-state index in [0.717, 1.165) is 0 Å². The number of carbonyl (C=O) groups is 18. The van der Waals surface area contributed by atoms with Gasteiger partial charge in [0.1, 0.15) is 84.6 Å². The largest absolute Gasteiger partial charge is 0.481 e. The highest BCUT2D eigenvalue weighted by atomic mass is 32.1. The number of nitrogens with one attached hydrogen (secondary N) is 21. The van der Waals surface area contributed by atoms with Gasteiger partial charge in [-0.3, -0.25) is 97.7 Å². The van der Waals surface area contributed by atoms with Crippen molar-refractivity contribution < 1.29 is 102 Å². The number of thiol groups is 1. The fourth-order valence-electron chi connectivity index (χ4n) is 13.9. The van der Waals surface area contributed by atoms with Crippen molar-refractivity contribution in [3.05, 3.63) is 71.9 Å². The second kappa shape index (κ2) is 60.7. The highest BCUT2D eigenvalue weighted by Gasteiger charge is 2.40. The van der Waals surface area contributed by atoms with Gasteiger partial charge in [-0.05, 0) is 131 Å². The third kappa shape index (κ3) is 43.2. The van der Waals surface area contributed by atoms with Crippen molar-refractivity contribution in [1.29, 1.82) is 16.2 Å². The minimum Gasteiger partial charge on any atom is -0.481 e. The number of carboxylic acids is 2. The molecule has 756 valence electrons. The van der Waals surface area contributed by atoms with Crippen LogP contribution in [0.1, 0.15) is 169 Å². The summed E-state index contributed by atoms with van der Waals surface area (Å²) in [7, 11) is 0. The summed E-state index contributed by atoms with van der Waals surface area (Å²) in [5.74, 6) is -22.8. The second-order valence-electron chi connectivity index (χ2n) is 34.2. The maximum absolute atomic E-state index is 15.5. The molecule has 2 aromatic carbocycles. The van der Waals surface area contributed by atoms with E-state index in [9.17, 15) is 87.2 Å². The van der Waals surface area contributed by atoms with Crippen molar-refractivity contribution in [3.8, 4) is 0 Å². The van der Waals surface area contributed by atoms with Crippen LogP contribution in [-0.4, -0.2) is 274 Å². The van der Waals surface area contributed by atoms with Gasteiger partial charge in [-0.15, -0.1) is 0 Å². The maximum atomic E-state index is 15.5. The van der Waals surface area contributed by atoms with Gasteiger partial charge in [0.05, 0.1) is 12.6 Å². The topological polar surface area (TPSA) is 842 Å². The highest BCUT2D eigenvalue weighted by Crippen LogP contribution is 2.22. The quantitative estimate of drug-likeness (QED) is 0.0108. The molecule has 0 aliphatic carbocycles. The molecule has 16 amide bonds. The summed E-state index contributed by atoms with van der Waals surface area (Å²) in [6.45, 7) is 11.6. The third-order valence-electron chi connectivity index (χ3n) is 21.4. The molecule has 38 N–H and O–H groups in total. The number of rotatable bonds is 65. The Morgan fingerprint density at radius 3 is 1.08 bits per heavy atom. The molecule has 0 saturated carbocycles. The Kier molecular flexibility index (Phi) is 52.0. The van der Waals surface area contributed by atoms with Crippen LogP contribution >= 0.6 is 12.6 Å². The van der Waals surface area contributed by atoms with Gasteiger partial charge in [-0.2, -0.15) is 12.6 Å². The molecule has 0 spiro atoms. The lowest BCUT2D eigenvalue weighted by atomic mass is 9.98. The summed E-state index contributed by atoms with van der Waals surface area (Å²) in [6, 6.07) is -8.61. The Morgan fingerprint density at radius 2 is 0.699 bits per heavy atom. The van der Waals surface area contributed by atoms with E-state index in [-0.39, 0.29) is 108 Å². The number of carboxylic acid groups (broad SMARTS) is 2. The van der Waals surface area contributed by atoms with Gasteiger partial charge in [0.2, 0.25) is 94.5 Å². The first-order valence-electron chi connectivity index (χ1n) is 44.9. The molecular weight excluding hydrogens is 1790 g/mol. The molecule has 50 heteroatoms. The minimum atomic E-state index is -2.03. The van der Waals surface area contributed by atoms with E-state index in [2.05, 4.69) is 108 Å². The van der Waals surface area contributed by atoms with Crippen LogP contribution in [0.5, 0.6) is 0 Å². The zero-order chi connectivity index (χ0) is 102. The number of aliphatic hydroxyl groups is 1. The van der Waals surface area contributed by atoms with Crippen molar-refractivity contribution in [2.24, 2.45) is 63.8 Å². The number of nitrogens with two attached hydrogens (primary N) is 7. The normalized spacial score (nSPS) is 14.5. The van der Waals surface area contributed by atoms with Crippen molar-refractivity contribution >= 4 is 148 Å². The summed E-state index contributed by atoms with van der Waals surface area (Å²) >= 11 is 4.03. The molecule has 136 heavy (non-hydrogen) atoms. The Balaban J connectivity index is 2.15. The number of amides is 16. The molecule has 0 unspecified atom stereocenters. The molecule has 0 aliphatic heterocycles. The smallest absolute Gasteiger partial charge is 0.326 e. The predicted molar refractivity (Wildman–Crippen MR) is 504 cm³/mol. The molecular formula is C86H140N28O21S. The molecule has 1 heterocycles. The molecule has 49 nitrogen and oxygen atoms in total. The van der Waals surface area contributed by atoms with Gasteiger partial charge >= 0.3 is 11.9 Å². The molecule has 1 aromatic heterocycles. The lowest BCUT2D eigenvalue weighted by molar-refractivity contribution is -0.144. The van der Waals surface area contributed by atoms with Crippen molar-refractivity contribution in [3.63, 3.8) is 0 Å². The van der Waals surface area contributed by atoms with Crippen LogP contribution < -0.4 is 131 Å². The average molecular weight is 1930 g/mol. The van der Waals surface area contributed by atoms with Crippen molar-refractivity contribution in [2.45, 2.75) is 262 Å². The van der Waals surface area contributed by atoms with Gasteiger partial charge in [0.15, 0.2) is 17.9 Å². The van der Waals surface area contributed by atoms with Gasteiger partial charge in [0, 0.05) is 74.6 Å². The summed E-state index contributed by atoms with van der Waals surface area (Å²) in [5.41, 5.74) is 40.8. The number of aliphatic hydroxyl groups excluding tert-OH is 1. The van der Waals surface area contributed by atoms with Crippen LogP contribution in [0.2, 0.25) is 0 Å². The number of guanidine groups is 3. The Morgan fingerprint density at radius 1 is 0.375 bits per heavy atom. The molecule has 0 fully saturated rings. The highest BCUT2D eigenvalue weighted by molar-refractivity contribution is 7.80. The second-order valence-corrected chi connectivity index (χ2v) is 34.6. The van der Waals surface area contributed by atoms with E-state index in [1.54, 1.807) is 116 Å². The number of hydrogen-bond acceptors (Lipinski definition) is 25. The van der Waals surface area contributed by atoms with Gasteiger partial charge < -0.3 is 151 Å². The van der Waals surface area contributed by atoms with E-state index in [0.29, 0.717) is 28.5 Å². The molecule has 0 saturated heterocycles. The van der Waals surface area contributed by atoms with Crippen molar-refractivity contribution in [1.82, 2.24) is 95.4 Å². The molecule has 15 atom stereocenters. The Bertz CT molecular complexity index is 4560. The number of hydrogen-bond donors (Lipinski definition) is 32. The van der Waals surface area contributed by atoms with Crippen LogP contribution in [0.4, 0.5) is 0 Å². The van der Waals surface area contributed by atoms with E-state index in [1.165, 1.54) is 0 Å². The minimum absolute atomic E-state index is 0.0102. The van der Waals surface area contributed by atoms with E-state index < -0.39 is 278 Å². The lowest BCUT2D eigenvalue weighted by Gasteiger charge is -2.30. The first-order valence-corrected chi connectivity index (χ1v) is 45.5. The number of aromatic nitrogens is 1. The molecule has 3 aromatic rings. The number of fused-ring (bicyclic) bond motifs is 1. The molecule has 0 radical (unpaired) electrons. The van der Waals surface area contributed by atoms with Gasteiger partial charge in [-0.1, -0.05) is 104 Å². The Hall–Kier alpha value is -13.5. The fourth-order valence-corrected chi connectivity index (χ4v) is 14.1. The zero-order valence-corrected chi connectivity index (χ0v) is 78.8. The lowest BCUT2D eigenvalue weighted by Crippen LogP contribution is -2.62. The number of H-pyrrole nitrogens is 1. The zero-order valence-electron chi connectivity index (χ0n) is 77.9. The number of aromatic amines is 1. The van der Waals surface area contributed by atoms with E-state index >= 15 is 14.4 Å². The number of aliphatic carboxylic acids is 2. The van der Waals surface area contributed by atoms with E-state index in [1.807, 2.05) is 0 Å². The number of benzene rings is 2. The third-order valence-corrected chi connectivity index (χ3v) is 21.8.